The van der Waals surface area contributed by atoms with Gasteiger partial charge in [0.05, 0.1) is 18.0 Å². The minimum atomic E-state index is -0.412. The normalized spacial score (nSPS) is 14.7. The number of ether oxygens (including phenoxy) is 1. The molecule has 3 rings (SSSR count). The van der Waals surface area contributed by atoms with Crippen molar-refractivity contribution in [3.63, 3.8) is 0 Å². The highest BCUT2D eigenvalue weighted by Crippen LogP contribution is 2.27. The molecule has 0 radical (unpaired) electrons. The Morgan fingerprint density at radius 3 is 2.48 bits per heavy atom. The van der Waals surface area contributed by atoms with Crippen LogP contribution in [0.25, 0.3) is 0 Å². The number of aliphatic imine (C=N–C) groups is 1. The van der Waals surface area contributed by atoms with E-state index >= 15 is 0 Å². The molecule has 1 aliphatic rings. The lowest BCUT2D eigenvalue weighted by Gasteiger charge is -2.20. The summed E-state index contributed by atoms with van der Waals surface area (Å²) < 4.78 is 5.11. The van der Waals surface area contributed by atoms with E-state index in [9.17, 15) is 9.59 Å². The van der Waals surface area contributed by atoms with Gasteiger partial charge in [-0.05, 0) is 50.2 Å². The molecule has 0 saturated carbocycles. The van der Waals surface area contributed by atoms with Crippen LogP contribution < -0.4 is 15.0 Å². The molecular formula is C20H21N3O3S. The maximum Gasteiger partial charge on any atom is 0.254 e. The Bertz CT molecular complexity index is 863. The summed E-state index contributed by atoms with van der Waals surface area (Å²) in [6, 6.07) is 14.8. The number of carbonyl (C=O) groups is 2. The van der Waals surface area contributed by atoms with Crippen LogP contribution in [-0.4, -0.2) is 35.9 Å². The van der Waals surface area contributed by atoms with E-state index < -0.39 is 5.25 Å². The van der Waals surface area contributed by atoms with Crippen molar-refractivity contribution in [1.29, 1.82) is 0 Å². The van der Waals surface area contributed by atoms with Gasteiger partial charge in [0.1, 0.15) is 12.3 Å². The second-order valence-electron chi connectivity index (χ2n) is 6.14. The van der Waals surface area contributed by atoms with E-state index in [-0.39, 0.29) is 18.4 Å². The minimum absolute atomic E-state index is 0.0934. The first-order valence-electron chi connectivity index (χ1n) is 8.53. The molecule has 0 fully saturated rings. The molecular weight excluding hydrogens is 362 g/mol. The number of hydrogen-bond donors (Lipinski definition) is 1. The maximum absolute atomic E-state index is 12.5. The Hall–Kier alpha value is -2.80. The van der Waals surface area contributed by atoms with Gasteiger partial charge in [-0.2, -0.15) is 0 Å². The molecule has 140 valence electrons. The second-order valence-corrected chi connectivity index (χ2v) is 7.45. The third-order valence-corrected chi connectivity index (χ3v) is 5.18. The van der Waals surface area contributed by atoms with E-state index in [0.29, 0.717) is 10.9 Å². The standard InChI is InChI=1S/C20H21N3O3S/c1-13-4-8-16(9-5-13)23-18(24)12-21-20(23)27-14(2)19(25)22-15-6-10-17(26-3)11-7-15/h4-11,14H,12H2,1-3H3,(H,22,25)/t14-/m1/s1. The lowest BCUT2D eigenvalue weighted by Crippen LogP contribution is -2.33. The lowest BCUT2D eigenvalue weighted by atomic mass is 10.2. The molecule has 2 amide bonds. The number of amides is 2. The summed E-state index contributed by atoms with van der Waals surface area (Å²) in [7, 11) is 1.59. The summed E-state index contributed by atoms with van der Waals surface area (Å²) in [4.78, 5) is 30.6. The first-order chi connectivity index (χ1) is 13.0. The van der Waals surface area contributed by atoms with Crippen molar-refractivity contribution in [2.75, 3.05) is 23.9 Å². The molecule has 27 heavy (non-hydrogen) atoms. The smallest absolute Gasteiger partial charge is 0.254 e. The van der Waals surface area contributed by atoms with E-state index in [1.54, 1.807) is 43.2 Å². The van der Waals surface area contributed by atoms with Gasteiger partial charge in [0.15, 0.2) is 5.17 Å². The summed E-state index contributed by atoms with van der Waals surface area (Å²) in [6.07, 6.45) is 0. The van der Waals surface area contributed by atoms with Crippen molar-refractivity contribution in [2.45, 2.75) is 19.1 Å². The quantitative estimate of drug-likeness (QED) is 0.858. The van der Waals surface area contributed by atoms with Crippen LogP contribution in [0.3, 0.4) is 0 Å². The van der Waals surface area contributed by atoms with Gasteiger partial charge in [0.2, 0.25) is 5.91 Å². The summed E-state index contributed by atoms with van der Waals surface area (Å²) in [5, 5.41) is 3.00. The lowest BCUT2D eigenvalue weighted by molar-refractivity contribution is -0.116. The van der Waals surface area contributed by atoms with Gasteiger partial charge in [-0.25, -0.2) is 0 Å². The topological polar surface area (TPSA) is 71.0 Å². The molecule has 1 N–H and O–H groups in total. The van der Waals surface area contributed by atoms with Gasteiger partial charge in [-0.1, -0.05) is 29.5 Å². The van der Waals surface area contributed by atoms with Crippen LogP contribution in [0.4, 0.5) is 11.4 Å². The van der Waals surface area contributed by atoms with Crippen LogP contribution in [0.15, 0.2) is 53.5 Å². The molecule has 0 bridgehead atoms. The highest BCUT2D eigenvalue weighted by Gasteiger charge is 2.30. The van der Waals surface area contributed by atoms with Crippen LogP contribution in [0, 0.1) is 6.92 Å². The monoisotopic (exact) mass is 383 g/mol. The molecule has 0 aliphatic carbocycles. The summed E-state index contributed by atoms with van der Waals surface area (Å²) in [5.74, 6) is 0.475. The van der Waals surface area contributed by atoms with Crippen LogP contribution >= 0.6 is 11.8 Å². The molecule has 7 heteroatoms. The van der Waals surface area contributed by atoms with Crippen molar-refractivity contribution in [3.8, 4) is 5.75 Å². The average Bonchev–Trinajstić information content (AvgIpc) is 3.03. The summed E-state index contributed by atoms with van der Waals surface area (Å²) >= 11 is 1.27. The molecule has 2 aromatic rings. The number of aryl methyl sites for hydroxylation is 1. The van der Waals surface area contributed by atoms with E-state index in [1.165, 1.54) is 11.8 Å². The Morgan fingerprint density at radius 1 is 1.19 bits per heavy atom. The Kier molecular flexibility index (Phi) is 5.81. The third kappa shape index (κ3) is 4.49. The molecule has 2 aromatic carbocycles. The highest BCUT2D eigenvalue weighted by atomic mass is 32.2. The molecule has 0 unspecified atom stereocenters. The zero-order chi connectivity index (χ0) is 19.4. The molecule has 0 saturated heterocycles. The Labute approximate surface area is 162 Å². The third-order valence-electron chi connectivity index (χ3n) is 4.09. The predicted molar refractivity (Wildman–Crippen MR) is 110 cm³/mol. The highest BCUT2D eigenvalue weighted by molar-refractivity contribution is 8.15. The van der Waals surface area contributed by atoms with E-state index in [1.807, 2.05) is 31.2 Å². The number of anilines is 2. The second kappa shape index (κ2) is 8.26. The van der Waals surface area contributed by atoms with Crippen LogP contribution in [0.5, 0.6) is 5.75 Å². The average molecular weight is 383 g/mol. The molecule has 1 aliphatic heterocycles. The fourth-order valence-electron chi connectivity index (χ4n) is 2.55. The van der Waals surface area contributed by atoms with Crippen molar-refractivity contribution >= 4 is 40.1 Å². The first kappa shape index (κ1) is 19.0. The first-order valence-corrected chi connectivity index (χ1v) is 9.41. The fourth-order valence-corrected chi connectivity index (χ4v) is 3.49. The molecule has 0 aromatic heterocycles. The van der Waals surface area contributed by atoms with Gasteiger partial charge in [0.25, 0.3) is 5.91 Å². The Morgan fingerprint density at radius 2 is 1.85 bits per heavy atom. The van der Waals surface area contributed by atoms with Gasteiger partial charge >= 0.3 is 0 Å². The van der Waals surface area contributed by atoms with E-state index in [2.05, 4.69) is 10.3 Å². The predicted octanol–water partition coefficient (Wildman–Crippen LogP) is 3.47. The number of nitrogens with one attached hydrogen (secondary N) is 1. The number of amidine groups is 1. The SMILES string of the molecule is COc1ccc(NC(=O)[C@@H](C)SC2=NCC(=O)N2c2ccc(C)cc2)cc1. The van der Waals surface area contributed by atoms with Gasteiger partial charge in [0, 0.05) is 5.69 Å². The van der Waals surface area contributed by atoms with Gasteiger partial charge in [-0.3, -0.25) is 19.5 Å². The molecule has 1 heterocycles. The zero-order valence-corrected chi connectivity index (χ0v) is 16.2. The van der Waals surface area contributed by atoms with Crippen molar-refractivity contribution in [3.05, 3.63) is 54.1 Å². The minimum Gasteiger partial charge on any atom is -0.497 e. The molecule has 1 atom stereocenters. The number of thioether (sulfide) groups is 1. The fraction of sp³-hybridized carbons (Fsp3) is 0.250. The van der Waals surface area contributed by atoms with Gasteiger partial charge in [-0.15, -0.1) is 0 Å². The maximum atomic E-state index is 12.5. The number of benzene rings is 2. The number of nitrogens with zero attached hydrogens (tertiary/aromatic N) is 2. The van der Waals surface area contributed by atoms with E-state index in [4.69, 9.17) is 4.74 Å². The number of methoxy groups -OCH3 is 1. The zero-order valence-electron chi connectivity index (χ0n) is 15.4. The van der Waals surface area contributed by atoms with Crippen LogP contribution in [0.1, 0.15) is 12.5 Å². The van der Waals surface area contributed by atoms with Gasteiger partial charge < -0.3 is 10.1 Å². The van der Waals surface area contributed by atoms with Crippen molar-refractivity contribution in [1.82, 2.24) is 0 Å². The van der Waals surface area contributed by atoms with Crippen molar-refractivity contribution < 1.29 is 14.3 Å². The largest absolute Gasteiger partial charge is 0.497 e. The number of hydrogen-bond acceptors (Lipinski definition) is 5. The van der Waals surface area contributed by atoms with Crippen LogP contribution in [-0.2, 0) is 9.59 Å². The Balaban J connectivity index is 1.66. The molecule has 0 spiro atoms. The van der Waals surface area contributed by atoms with Crippen molar-refractivity contribution in [2.24, 2.45) is 4.99 Å². The van der Waals surface area contributed by atoms with Crippen LogP contribution in [0.2, 0.25) is 0 Å². The number of rotatable bonds is 5. The molecule has 6 nitrogen and oxygen atoms in total. The van der Waals surface area contributed by atoms with E-state index in [0.717, 1.165) is 17.0 Å². The summed E-state index contributed by atoms with van der Waals surface area (Å²) in [6.45, 7) is 3.89. The summed E-state index contributed by atoms with van der Waals surface area (Å²) in [5.41, 5.74) is 2.56. The number of carbonyl (C=O) groups excluding carboxylic acids is 2.